The van der Waals surface area contributed by atoms with Crippen molar-refractivity contribution in [3.8, 4) is 23.0 Å². The van der Waals surface area contributed by atoms with Crippen molar-refractivity contribution in [2.45, 2.75) is 32.2 Å². The molecule has 5 heteroatoms. The van der Waals surface area contributed by atoms with E-state index in [-0.39, 0.29) is 18.4 Å². The molecule has 1 amide bonds. The molecule has 0 saturated heterocycles. The van der Waals surface area contributed by atoms with E-state index >= 15 is 0 Å². The van der Waals surface area contributed by atoms with Crippen molar-refractivity contribution in [3.63, 3.8) is 0 Å². The molecule has 2 atom stereocenters. The molecule has 0 spiro atoms. The minimum Gasteiger partial charge on any atom is -0.480 e. The van der Waals surface area contributed by atoms with E-state index in [2.05, 4.69) is 29.3 Å². The van der Waals surface area contributed by atoms with Crippen molar-refractivity contribution in [1.82, 2.24) is 5.32 Å². The fourth-order valence-corrected chi connectivity index (χ4v) is 3.60. The predicted octanol–water partition coefficient (Wildman–Crippen LogP) is 4.03. The number of hydrogen-bond donors (Lipinski definition) is 2. The maximum absolute atomic E-state index is 12.3. The maximum atomic E-state index is 12.3. The van der Waals surface area contributed by atoms with Gasteiger partial charge in [-0.2, -0.15) is 0 Å². The minimum atomic E-state index is -1.10. The number of aliphatic carboxylic acids is 1. The Morgan fingerprint density at radius 3 is 2.21 bits per heavy atom. The van der Waals surface area contributed by atoms with Gasteiger partial charge in [-0.1, -0.05) is 55.5 Å². The minimum absolute atomic E-state index is 0.0650. The molecule has 5 nitrogen and oxygen atoms in total. The van der Waals surface area contributed by atoms with Crippen LogP contribution in [0.4, 0.5) is 4.79 Å². The Balaban J connectivity index is 1.69. The molecular weight excluding hydrogens is 354 g/mol. The molecule has 0 heterocycles. The van der Waals surface area contributed by atoms with Crippen LogP contribution in [0, 0.1) is 17.8 Å². The van der Waals surface area contributed by atoms with E-state index in [1.54, 1.807) is 13.8 Å². The summed E-state index contributed by atoms with van der Waals surface area (Å²) in [6.07, 6.45) is -0.345. The van der Waals surface area contributed by atoms with Gasteiger partial charge in [0, 0.05) is 12.3 Å². The Labute approximate surface area is 164 Å². The van der Waals surface area contributed by atoms with Crippen LogP contribution in [0.1, 0.15) is 37.3 Å². The molecule has 1 aliphatic rings. The van der Waals surface area contributed by atoms with Crippen LogP contribution in [-0.2, 0) is 9.53 Å². The smallest absolute Gasteiger partial charge is 0.407 e. The SMILES string of the molecule is CC#CC[C@@H](C)[C@@H](NC(=O)OCC1c2ccccc2-c2ccccc21)C(=O)O. The second-order valence-electron chi connectivity index (χ2n) is 6.89. The van der Waals surface area contributed by atoms with Crippen molar-refractivity contribution in [2.75, 3.05) is 6.61 Å². The number of alkyl carbamates (subject to hydrolysis) is 1. The van der Waals surface area contributed by atoms with Gasteiger partial charge < -0.3 is 15.2 Å². The third-order valence-electron chi connectivity index (χ3n) is 5.05. The zero-order valence-corrected chi connectivity index (χ0v) is 15.9. The molecule has 0 saturated carbocycles. The van der Waals surface area contributed by atoms with Crippen molar-refractivity contribution in [1.29, 1.82) is 0 Å². The number of carbonyl (C=O) groups excluding carboxylic acids is 1. The number of hydrogen-bond acceptors (Lipinski definition) is 3. The fourth-order valence-electron chi connectivity index (χ4n) is 3.60. The Morgan fingerprint density at radius 2 is 1.68 bits per heavy atom. The topological polar surface area (TPSA) is 75.6 Å². The van der Waals surface area contributed by atoms with Gasteiger partial charge in [-0.25, -0.2) is 9.59 Å². The van der Waals surface area contributed by atoms with Gasteiger partial charge in [-0.15, -0.1) is 11.8 Å². The first-order chi connectivity index (χ1) is 13.5. The van der Waals surface area contributed by atoms with Crippen molar-refractivity contribution in [2.24, 2.45) is 5.92 Å². The Kier molecular flexibility index (Phi) is 6.00. The molecule has 0 aromatic heterocycles. The van der Waals surface area contributed by atoms with Gasteiger partial charge in [0.2, 0.25) is 0 Å². The molecule has 2 aromatic carbocycles. The van der Waals surface area contributed by atoms with Crippen LogP contribution in [-0.4, -0.2) is 29.8 Å². The van der Waals surface area contributed by atoms with Crippen LogP contribution in [0.3, 0.4) is 0 Å². The number of carboxylic acids is 1. The molecule has 1 aliphatic carbocycles. The molecule has 0 radical (unpaired) electrons. The lowest BCUT2D eigenvalue weighted by atomic mass is 9.98. The third kappa shape index (κ3) is 4.01. The lowest BCUT2D eigenvalue weighted by Crippen LogP contribution is -2.45. The highest BCUT2D eigenvalue weighted by atomic mass is 16.5. The second-order valence-corrected chi connectivity index (χ2v) is 6.89. The first-order valence-corrected chi connectivity index (χ1v) is 9.26. The molecule has 0 aliphatic heterocycles. The van der Waals surface area contributed by atoms with E-state index in [4.69, 9.17) is 4.74 Å². The number of fused-ring (bicyclic) bond motifs is 3. The highest BCUT2D eigenvalue weighted by Crippen LogP contribution is 2.44. The van der Waals surface area contributed by atoms with E-state index in [1.807, 2.05) is 36.4 Å². The second kappa shape index (κ2) is 8.62. The summed E-state index contributed by atoms with van der Waals surface area (Å²) < 4.78 is 5.43. The van der Waals surface area contributed by atoms with Crippen LogP contribution in [0.25, 0.3) is 11.1 Å². The summed E-state index contributed by atoms with van der Waals surface area (Å²) >= 11 is 0. The van der Waals surface area contributed by atoms with Crippen LogP contribution in [0.2, 0.25) is 0 Å². The van der Waals surface area contributed by atoms with Gasteiger partial charge in [-0.3, -0.25) is 0 Å². The Bertz CT molecular complexity index is 895. The first-order valence-electron chi connectivity index (χ1n) is 9.26. The summed E-state index contributed by atoms with van der Waals surface area (Å²) in [4.78, 5) is 23.8. The molecule has 0 bridgehead atoms. The summed E-state index contributed by atoms with van der Waals surface area (Å²) in [6.45, 7) is 3.59. The largest absolute Gasteiger partial charge is 0.480 e. The predicted molar refractivity (Wildman–Crippen MR) is 107 cm³/mol. The lowest BCUT2D eigenvalue weighted by molar-refractivity contribution is -0.140. The summed E-state index contributed by atoms with van der Waals surface area (Å²) in [5, 5.41) is 11.9. The van der Waals surface area contributed by atoms with Crippen LogP contribution < -0.4 is 5.32 Å². The summed E-state index contributed by atoms with van der Waals surface area (Å²) in [5.74, 6) is 4.10. The number of rotatable bonds is 6. The van der Waals surface area contributed by atoms with Gasteiger partial charge in [0.15, 0.2) is 0 Å². The zero-order chi connectivity index (χ0) is 20.1. The number of benzene rings is 2. The molecule has 3 rings (SSSR count). The van der Waals surface area contributed by atoms with Gasteiger partial charge in [0.05, 0.1) is 0 Å². The van der Waals surface area contributed by atoms with Crippen LogP contribution in [0.15, 0.2) is 48.5 Å². The summed E-state index contributed by atoms with van der Waals surface area (Å²) in [5.41, 5.74) is 4.50. The van der Waals surface area contributed by atoms with Crippen molar-refractivity contribution in [3.05, 3.63) is 59.7 Å². The molecule has 2 N–H and O–H groups in total. The fraction of sp³-hybridized carbons (Fsp3) is 0.304. The van der Waals surface area contributed by atoms with Gasteiger partial charge >= 0.3 is 12.1 Å². The third-order valence-corrected chi connectivity index (χ3v) is 5.05. The van der Waals surface area contributed by atoms with E-state index < -0.39 is 18.1 Å². The van der Waals surface area contributed by atoms with Crippen molar-refractivity contribution >= 4 is 12.1 Å². The van der Waals surface area contributed by atoms with Crippen LogP contribution in [0.5, 0.6) is 0 Å². The van der Waals surface area contributed by atoms with Crippen molar-refractivity contribution < 1.29 is 19.4 Å². The van der Waals surface area contributed by atoms with Gasteiger partial charge in [0.25, 0.3) is 0 Å². The average Bonchev–Trinajstić information content (AvgIpc) is 3.02. The quantitative estimate of drug-likeness (QED) is 0.746. The highest BCUT2D eigenvalue weighted by molar-refractivity contribution is 5.81. The molecular formula is C23H23NO4. The Hall–Kier alpha value is -3.26. The number of amides is 1. The van der Waals surface area contributed by atoms with E-state index in [9.17, 15) is 14.7 Å². The lowest BCUT2D eigenvalue weighted by Gasteiger charge is -2.20. The van der Waals surface area contributed by atoms with Crippen LogP contribution >= 0.6 is 0 Å². The molecule has 144 valence electrons. The highest BCUT2D eigenvalue weighted by Gasteiger charge is 2.30. The van der Waals surface area contributed by atoms with E-state index in [0.29, 0.717) is 6.42 Å². The number of ether oxygens (including phenoxy) is 1. The number of nitrogens with one attached hydrogen (secondary N) is 1. The van der Waals surface area contributed by atoms with Gasteiger partial charge in [0.1, 0.15) is 12.6 Å². The maximum Gasteiger partial charge on any atom is 0.407 e. The molecule has 28 heavy (non-hydrogen) atoms. The Morgan fingerprint density at radius 1 is 1.11 bits per heavy atom. The van der Waals surface area contributed by atoms with E-state index in [0.717, 1.165) is 22.3 Å². The van der Waals surface area contributed by atoms with E-state index in [1.165, 1.54) is 0 Å². The standard InChI is InChI=1S/C23H23NO4/c1-3-4-9-15(2)21(22(25)26)24-23(27)28-14-20-18-12-7-5-10-16(18)17-11-6-8-13-19(17)20/h5-8,10-13,15,20-21H,9,14H2,1-2H3,(H,24,27)(H,25,26)/t15-,21-/m1/s1. The summed E-state index contributed by atoms with van der Waals surface area (Å²) in [6, 6.07) is 15.1. The number of carbonyl (C=O) groups is 2. The average molecular weight is 377 g/mol. The summed E-state index contributed by atoms with van der Waals surface area (Å²) in [7, 11) is 0. The van der Waals surface area contributed by atoms with Gasteiger partial charge in [-0.05, 0) is 35.1 Å². The molecule has 2 aromatic rings. The zero-order valence-electron chi connectivity index (χ0n) is 15.9. The molecule has 0 unspecified atom stereocenters. The molecule has 0 fully saturated rings. The first kappa shape index (κ1) is 19.5. The number of carboxylic acid groups (broad SMARTS) is 1. The normalized spacial score (nSPS) is 14.1. The monoisotopic (exact) mass is 377 g/mol.